The molecule has 3 aliphatic rings. The van der Waals surface area contributed by atoms with E-state index in [0.717, 1.165) is 24.5 Å². The van der Waals surface area contributed by atoms with E-state index < -0.39 is 46.3 Å². The van der Waals surface area contributed by atoms with E-state index in [1.165, 1.54) is 17.0 Å². The van der Waals surface area contributed by atoms with Gasteiger partial charge in [0.05, 0.1) is 22.8 Å². The molecule has 1 N–H and O–H groups in total. The lowest BCUT2D eigenvalue weighted by molar-refractivity contribution is -0.141. The van der Waals surface area contributed by atoms with Gasteiger partial charge in [-0.25, -0.2) is 13.6 Å². The first kappa shape index (κ1) is 33.0. The van der Waals surface area contributed by atoms with Crippen LogP contribution in [-0.4, -0.2) is 59.1 Å². The van der Waals surface area contributed by atoms with Crippen molar-refractivity contribution in [3.63, 3.8) is 0 Å². The summed E-state index contributed by atoms with van der Waals surface area (Å²) in [6.45, 7) is 5.57. The number of alkyl halides is 3. The van der Waals surface area contributed by atoms with Gasteiger partial charge in [-0.1, -0.05) is 25.4 Å². The summed E-state index contributed by atoms with van der Waals surface area (Å²) in [4.78, 5) is 27.7. The summed E-state index contributed by atoms with van der Waals surface area (Å²) < 4.78 is 75.1. The number of amides is 1. The number of halogens is 6. The van der Waals surface area contributed by atoms with Gasteiger partial charge in [-0.3, -0.25) is 9.69 Å². The number of benzene rings is 2. The molecule has 6 nitrogen and oxygen atoms in total. The average Bonchev–Trinajstić information content (AvgIpc) is 3.69. The number of piperidine rings is 1. The molecule has 1 atom stereocenters. The Morgan fingerprint density at radius 3 is 2.28 bits per heavy atom. The Morgan fingerprint density at radius 1 is 1.00 bits per heavy atom. The highest BCUT2D eigenvalue weighted by molar-refractivity contribution is 6.30. The van der Waals surface area contributed by atoms with E-state index >= 15 is 4.39 Å². The first-order valence-electron chi connectivity index (χ1n) is 14.7. The Labute approximate surface area is 252 Å². The Kier molecular flexibility index (Phi) is 10.6. The molecule has 0 aromatic heterocycles. The van der Waals surface area contributed by atoms with Crippen molar-refractivity contribution in [2.45, 2.75) is 77.1 Å². The highest BCUT2D eigenvalue weighted by Gasteiger charge is 2.37. The molecular weight excluding hydrogens is 595 g/mol. The predicted octanol–water partition coefficient (Wildman–Crippen LogP) is 7.52. The van der Waals surface area contributed by atoms with E-state index in [0.29, 0.717) is 50.6 Å². The van der Waals surface area contributed by atoms with E-state index in [-0.39, 0.29) is 42.7 Å². The lowest BCUT2D eigenvalue weighted by atomic mass is 9.97. The second kappa shape index (κ2) is 13.8. The average molecular weight is 631 g/mol. The van der Waals surface area contributed by atoms with Gasteiger partial charge in [0, 0.05) is 24.7 Å². The monoisotopic (exact) mass is 630 g/mol. The topological polar surface area (TPSA) is 70.1 Å². The number of nitrogens with zero attached hydrogens (tertiary/aromatic N) is 2. The van der Waals surface area contributed by atoms with Crippen LogP contribution in [0, 0.1) is 17.6 Å². The number of carbonyl (C=O) groups excluding carboxylic acids is 1. The van der Waals surface area contributed by atoms with Crippen LogP contribution in [-0.2, 0) is 17.5 Å². The molecule has 2 aromatic rings. The molecule has 2 aliphatic heterocycles. The van der Waals surface area contributed by atoms with E-state index in [4.69, 9.17) is 16.3 Å². The van der Waals surface area contributed by atoms with Gasteiger partial charge in [-0.2, -0.15) is 13.2 Å². The molecular formula is C31H36ClF5N2O4. The fourth-order valence-electron chi connectivity index (χ4n) is 5.68. The van der Waals surface area contributed by atoms with Crippen LogP contribution in [0.5, 0.6) is 5.75 Å². The third kappa shape index (κ3) is 7.78. The van der Waals surface area contributed by atoms with Gasteiger partial charge >= 0.3 is 12.1 Å². The Morgan fingerprint density at radius 2 is 1.67 bits per heavy atom. The number of likely N-dealkylation sites (tertiary alicyclic amines) is 2. The van der Waals surface area contributed by atoms with Gasteiger partial charge in [0.2, 0.25) is 0 Å². The summed E-state index contributed by atoms with van der Waals surface area (Å²) in [6.07, 6.45) is -0.689. The molecule has 2 saturated heterocycles. The maximum absolute atomic E-state index is 15.1. The normalized spacial score (nSPS) is 19.6. The van der Waals surface area contributed by atoms with Crippen molar-refractivity contribution in [3.8, 4) is 5.75 Å². The molecule has 3 fully saturated rings. The number of carboxylic acid groups (broad SMARTS) is 1. The fourth-order valence-corrected chi connectivity index (χ4v) is 5.92. The van der Waals surface area contributed by atoms with Crippen LogP contribution >= 0.6 is 11.6 Å². The number of carboxylic acids is 1. The number of carbonyl (C=O) groups is 2. The van der Waals surface area contributed by atoms with Gasteiger partial charge in [-0.05, 0) is 87.2 Å². The molecule has 0 bridgehead atoms. The van der Waals surface area contributed by atoms with Crippen molar-refractivity contribution in [2.24, 2.45) is 5.92 Å². The van der Waals surface area contributed by atoms with Crippen molar-refractivity contribution in [3.05, 3.63) is 63.2 Å². The summed E-state index contributed by atoms with van der Waals surface area (Å²) in [5.41, 5.74) is -0.518. The molecule has 0 spiro atoms. The minimum atomic E-state index is -4.63. The molecule has 1 aliphatic carbocycles. The summed E-state index contributed by atoms with van der Waals surface area (Å²) in [7, 11) is 0. The van der Waals surface area contributed by atoms with Crippen molar-refractivity contribution in [1.29, 1.82) is 0 Å². The highest BCUT2D eigenvalue weighted by atomic mass is 35.5. The zero-order chi connectivity index (χ0) is 31.5. The van der Waals surface area contributed by atoms with Crippen LogP contribution in [0.1, 0.15) is 85.3 Å². The van der Waals surface area contributed by atoms with E-state index in [1.807, 2.05) is 18.7 Å². The molecule has 43 heavy (non-hydrogen) atoms. The molecule has 5 rings (SSSR count). The molecule has 0 radical (unpaired) electrons. The summed E-state index contributed by atoms with van der Waals surface area (Å²) in [5, 5.41) is 8.86. The summed E-state index contributed by atoms with van der Waals surface area (Å²) in [5.74, 6) is -2.76. The first-order valence-corrected chi connectivity index (χ1v) is 15.1. The molecule has 1 amide bonds. The zero-order valence-corrected chi connectivity index (χ0v) is 24.9. The minimum Gasteiger partial charge on any atom is -0.493 e. The van der Waals surface area contributed by atoms with Crippen LogP contribution in [0.4, 0.5) is 22.0 Å². The zero-order valence-electron chi connectivity index (χ0n) is 24.2. The second-order valence-corrected chi connectivity index (χ2v) is 11.5. The summed E-state index contributed by atoms with van der Waals surface area (Å²) in [6, 6.07) is 3.13. The predicted molar refractivity (Wildman–Crippen MR) is 151 cm³/mol. The quantitative estimate of drug-likeness (QED) is 0.306. The molecule has 2 aromatic carbocycles. The van der Waals surface area contributed by atoms with Crippen molar-refractivity contribution in [2.75, 3.05) is 26.2 Å². The SMILES string of the molecule is CC.O=C(O)C1CCCN1C(=O)c1cc(C2CC2)c(OCC2CCN(Cc3cc(C(F)(F)F)cc(Cl)c3F)CC2)cc1F. The largest absolute Gasteiger partial charge is 0.493 e. The number of hydrogen-bond donors (Lipinski definition) is 1. The van der Waals surface area contributed by atoms with Gasteiger partial charge in [0.25, 0.3) is 5.91 Å². The second-order valence-electron chi connectivity index (χ2n) is 11.1. The maximum Gasteiger partial charge on any atom is 0.416 e. The standard InChI is InChI=1S/C29H30ClF5N2O4.C2H6/c30-22-11-19(29(33,34)35)10-18(26(22)32)14-36-8-5-16(6-9-36)15-41-25-13-23(31)21(12-20(25)17-3-4-17)27(38)37-7-1-2-24(37)28(39)40;1-2/h10-13,16-17,24H,1-9,14-15H2,(H,39,40);1-2H3. The van der Waals surface area contributed by atoms with E-state index in [1.54, 1.807) is 0 Å². The van der Waals surface area contributed by atoms with Gasteiger partial charge in [0.1, 0.15) is 23.4 Å². The smallest absolute Gasteiger partial charge is 0.416 e. The third-order valence-electron chi connectivity index (χ3n) is 8.15. The Bertz CT molecular complexity index is 1330. The van der Waals surface area contributed by atoms with E-state index in [2.05, 4.69) is 0 Å². The van der Waals surface area contributed by atoms with Crippen LogP contribution in [0.25, 0.3) is 0 Å². The van der Waals surface area contributed by atoms with Crippen LogP contribution in [0.15, 0.2) is 24.3 Å². The lowest BCUT2D eigenvalue weighted by Gasteiger charge is -2.32. The highest BCUT2D eigenvalue weighted by Crippen LogP contribution is 2.45. The summed E-state index contributed by atoms with van der Waals surface area (Å²) >= 11 is 5.71. The van der Waals surface area contributed by atoms with Gasteiger partial charge < -0.3 is 14.7 Å². The Balaban J connectivity index is 0.00000207. The van der Waals surface area contributed by atoms with Crippen molar-refractivity contribution in [1.82, 2.24) is 9.80 Å². The number of aliphatic carboxylic acids is 1. The maximum atomic E-state index is 15.1. The molecule has 236 valence electrons. The first-order chi connectivity index (χ1) is 20.4. The van der Waals surface area contributed by atoms with Gasteiger partial charge in [0.15, 0.2) is 0 Å². The molecule has 1 saturated carbocycles. The van der Waals surface area contributed by atoms with Crippen LogP contribution in [0.2, 0.25) is 5.02 Å². The third-order valence-corrected chi connectivity index (χ3v) is 8.43. The molecule has 2 heterocycles. The minimum absolute atomic E-state index is 0.00463. The molecule has 1 unspecified atom stereocenters. The number of rotatable bonds is 8. The van der Waals surface area contributed by atoms with Gasteiger partial charge in [-0.15, -0.1) is 0 Å². The molecule has 12 heteroatoms. The van der Waals surface area contributed by atoms with Crippen molar-refractivity contribution >= 4 is 23.5 Å². The number of ether oxygens (including phenoxy) is 1. The van der Waals surface area contributed by atoms with Crippen molar-refractivity contribution < 1.29 is 41.4 Å². The fraction of sp³-hybridized carbons (Fsp3) is 0.548. The van der Waals surface area contributed by atoms with E-state index in [9.17, 15) is 32.3 Å². The number of hydrogen-bond acceptors (Lipinski definition) is 4. The Hall–Kier alpha value is -2.92. The van der Waals surface area contributed by atoms with Crippen LogP contribution in [0.3, 0.4) is 0 Å². The lowest BCUT2D eigenvalue weighted by Crippen LogP contribution is -2.40. The van der Waals surface area contributed by atoms with Crippen LogP contribution < -0.4 is 4.74 Å².